The van der Waals surface area contributed by atoms with Crippen LogP contribution in [-0.4, -0.2) is 62.7 Å². The third-order valence-electron chi connectivity index (χ3n) is 5.95. The average molecular weight is 453 g/mol. The van der Waals surface area contributed by atoms with Crippen LogP contribution in [0, 0.1) is 6.92 Å². The maximum atomic E-state index is 13.4. The minimum Gasteiger partial charge on any atom is -0.489 e. The van der Waals surface area contributed by atoms with Crippen LogP contribution in [0.25, 0.3) is 0 Å². The number of hydrogen-bond acceptors (Lipinski definition) is 6. The second-order valence-electron chi connectivity index (χ2n) is 7.80. The Morgan fingerprint density at radius 3 is 2.78 bits per heavy atom. The Labute approximate surface area is 189 Å². The van der Waals surface area contributed by atoms with Gasteiger partial charge in [-0.2, -0.15) is 5.10 Å². The number of hydrogen-bond donors (Lipinski definition) is 0. The van der Waals surface area contributed by atoms with Gasteiger partial charge in [0.05, 0.1) is 23.6 Å². The van der Waals surface area contributed by atoms with Crippen molar-refractivity contribution in [2.45, 2.75) is 25.9 Å². The highest BCUT2D eigenvalue weighted by Crippen LogP contribution is 2.33. The number of carbonyl (C=O) groups excluding carboxylic acids is 2. The number of rotatable bonds is 3. The molecule has 10 heteroatoms. The summed E-state index contributed by atoms with van der Waals surface area (Å²) in [6, 6.07) is 6.58. The van der Waals surface area contributed by atoms with Gasteiger partial charge in [-0.3, -0.25) is 19.6 Å². The summed E-state index contributed by atoms with van der Waals surface area (Å²) in [7, 11) is 1.69. The Balaban J connectivity index is 1.43. The zero-order valence-corrected chi connectivity index (χ0v) is 18.4. The van der Waals surface area contributed by atoms with Crippen molar-refractivity contribution >= 4 is 29.1 Å². The summed E-state index contributed by atoms with van der Waals surface area (Å²) in [5.41, 5.74) is 3.13. The van der Waals surface area contributed by atoms with E-state index in [0.717, 1.165) is 11.4 Å². The van der Waals surface area contributed by atoms with Crippen molar-refractivity contribution in [1.82, 2.24) is 24.6 Å². The molecule has 3 aromatic rings. The van der Waals surface area contributed by atoms with Crippen molar-refractivity contribution in [2.75, 3.05) is 25.1 Å². The molecule has 0 N–H and O–H groups in total. The van der Waals surface area contributed by atoms with E-state index >= 15 is 0 Å². The van der Waals surface area contributed by atoms with Gasteiger partial charge in [-0.15, -0.1) is 0 Å². The number of para-hydroxylation sites is 2. The van der Waals surface area contributed by atoms with E-state index in [4.69, 9.17) is 16.3 Å². The SMILES string of the molecule is Cc1nccnc1Cn1nc2c(c1Cl)CCN([C@H]1COc3ccccc3N(C)C1=O)C2=O. The topological polar surface area (TPSA) is 93.5 Å². The highest BCUT2D eigenvalue weighted by Gasteiger charge is 2.40. The van der Waals surface area contributed by atoms with Crippen LogP contribution in [0.1, 0.15) is 27.4 Å². The lowest BCUT2D eigenvalue weighted by Gasteiger charge is -2.33. The van der Waals surface area contributed by atoms with Crippen LogP contribution in [-0.2, 0) is 17.8 Å². The maximum absolute atomic E-state index is 13.4. The van der Waals surface area contributed by atoms with E-state index in [2.05, 4.69) is 15.1 Å². The molecule has 0 radical (unpaired) electrons. The number of fused-ring (bicyclic) bond motifs is 2. The summed E-state index contributed by atoms with van der Waals surface area (Å²) in [4.78, 5) is 38.2. The van der Waals surface area contributed by atoms with Crippen LogP contribution in [0.3, 0.4) is 0 Å². The molecule has 1 aromatic carbocycles. The smallest absolute Gasteiger partial charge is 0.275 e. The Kier molecular flexibility index (Phi) is 5.05. The summed E-state index contributed by atoms with van der Waals surface area (Å²) in [6.07, 6.45) is 3.73. The van der Waals surface area contributed by atoms with Gasteiger partial charge < -0.3 is 14.5 Å². The van der Waals surface area contributed by atoms with Crippen molar-refractivity contribution < 1.29 is 14.3 Å². The lowest BCUT2D eigenvalue weighted by atomic mass is 10.0. The molecule has 0 bridgehead atoms. The molecule has 0 aliphatic carbocycles. The van der Waals surface area contributed by atoms with Gasteiger partial charge in [-0.1, -0.05) is 23.7 Å². The third kappa shape index (κ3) is 3.29. The molecule has 5 rings (SSSR count). The molecule has 32 heavy (non-hydrogen) atoms. The number of amides is 2. The lowest BCUT2D eigenvalue weighted by Crippen LogP contribution is -2.54. The molecule has 1 atom stereocenters. The first kappa shape index (κ1) is 20.4. The first-order valence-corrected chi connectivity index (χ1v) is 10.7. The molecule has 164 valence electrons. The monoisotopic (exact) mass is 452 g/mol. The van der Waals surface area contributed by atoms with Gasteiger partial charge >= 0.3 is 0 Å². The molecule has 0 fully saturated rings. The quantitative estimate of drug-likeness (QED) is 0.604. The fraction of sp³-hybridized carbons (Fsp3) is 0.318. The lowest BCUT2D eigenvalue weighted by molar-refractivity contribution is -0.123. The minimum atomic E-state index is -0.751. The number of anilines is 1. The second kappa shape index (κ2) is 7.90. The van der Waals surface area contributed by atoms with Gasteiger partial charge in [-0.25, -0.2) is 4.68 Å². The molecular formula is C22H21ClN6O3. The van der Waals surface area contributed by atoms with Crippen molar-refractivity contribution in [2.24, 2.45) is 0 Å². The van der Waals surface area contributed by atoms with E-state index in [1.54, 1.807) is 24.1 Å². The van der Waals surface area contributed by atoms with E-state index in [9.17, 15) is 9.59 Å². The molecule has 2 aromatic heterocycles. The predicted molar refractivity (Wildman–Crippen MR) is 117 cm³/mol. The van der Waals surface area contributed by atoms with E-state index in [0.29, 0.717) is 41.7 Å². The summed E-state index contributed by atoms with van der Waals surface area (Å²) in [5.74, 6) is 0.0826. The van der Waals surface area contributed by atoms with Crippen LogP contribution < -0.4 is 9.64 Å². The number of nitrogens with zero attached hydrogens (tertiary/aromatic N) is 6. The molecule has 4 heterocycles. The van der Waals surface area contributed by atoms with Crippen molar-refractivity contribution in [3.05, 3.63) is 64.5 Å². The second-order valence-corrected chi connectivity index (χ2v) is 8.16. The molecule has 2 amide bonds. The fourth-order valence-corrected chi connectivity index (χ4v) is 4.42. The average Bonchev–Trinajstić information content (AvgIpc) is 3.06. The largest absolute Gasteiger partial charge is 0.489 e. The van der Waals surface area contributed by atoms with Crippen LogP contribution in [0.15, 0.2) is 36.7 Å². The zero-order valence-electron chi connectivity index (χ0n) is 17.7. The number of halogens is 1. The number of benzene rings is 1. The van der Waals surface area contributed by atoms with Crippen molar-refractivity contribution in [3.63, 3.8) is 0 Å². The maximum Gasteiger partial charge on any atom is 0.275 e. The Morgan fingerprint density at radius 1 is 1.19 bits per heavy atom. The fourth-order valence-electron chi connectivity index (χ4n) is 4.14. The van der Waals surface area contributed by atoms with Gasteiger partial charge in [0.25, 0.3) is 11.8 Å². The highest BCUT2D eigenvalue weighted by molar-refractivity contribution is 6.31. The molecule has 9 nitrogen and oxygen atoms in total. The summed E-state index contributed by atoms with van der Waals surface area (Å²) in [6.45, 7) is 2.60. The van der Waals surface area contributed by atoms with Gasteiger partial charge in [-0.05, 0) is 25.5 Å². The molecule has 2 aliphatic rings. The molecule has 0 saturated heterocycles. The number of likely N-dealkylation sites (N-methyl/N-ethyl adjacent to an activating group) is 1. The minimum absolute atomic E-state index is 0.0779. The number of carbonyl (C=O) groups is 2. The van der Waals surface area contributed by atoms with Crippen molar-refractivity contribution in [3.8, 4) is 5.75 Å². The predicted octanol–water partition coefficient (Wildman–Crippen LogP) is 2.11. The van der Waals surface area contributed by atoms with Crippen LogP contribution >= 0.6 is 11.6 Å². The van der Waals surface area contributed by atoms with Gasteiger partial charge in [0, 0.05) is 31.5 Å². The normalized spacial score (nSPS) is 18.2. The van der Waals surface area contributed by atoms with E-state index in [-0.39, 0.29) is 24.1 Å². The van der Waals surface area contributed by atoms with Crippen LogP contribution in [0.5, 0.6) is 5.75 Å². The van der Waals surface area contributed by atoms with Crippen LogP contribution in [0.2, 0.25) is 5.15 Å². The molecule has 0 saturated carbocycles. The van der Waals surface area contributed by atoms with Crippen LogP contribution in [0.4, 0.5) is 5.69 Å². The first-order chi connectivity index (χ1) is 15.5. The van der Waals surface area contributed by atoms with E-state index in [1.807, 2.05) is 31.2 Å². The van der Waals surface area contributed by atoms with Gasteiger partial charge in [0.15, 0.2) is 5.69 Å². The third-order valence-corrected chi connectivity index (χ3v) is 6.37. The highest BCUT2D eigenvalue weighted by atomic mass is 35.5. The Hall–Kier alpha value is -3.46. The number of ether oxygens (including phenoxy) is 1. The number of aryl methyl sites for hydroxylation is 1. The Bertz CT molecular complexity index is 1230. The van der Waals surface area contributed by atoms with Gasteiger partial charge in [0.2, 0.25) is 0 Å². The van der Waals surface area contributed by atoms with E-state index < -0.39 is 6.04 Å². The standard InChI is InChI=1S/C22H21ClN6O3/c1-13-15(25-9-8-24-13)11-29-20(23)14-7-10-28(22(31)19(14)26-29)17-12-32-18-6-4-3-5-16(18)27(2)21(17)30/h3-6,8-9,17H,7,10-12H2,1-2H3/t17-/m0/s1. The zero-order chi connectivity index (χ0) is 22.4. The summed E-state index contributed by atoms with van der Waals surface area (Å²) in [5, 5.41) is 4.89. The van der Waals surface area contributed by atoms with Gasteiger partial charge in [0.1, 0.15) is 23.6 Å². The molecular weight excluding hydrogens is 432 g/mol. The molecule has 2 aliphatic heterocycles. The Morgan fingerprint density at radius 2 is 1.97 bits per heavy atom. The molecule has 0 spiro atoms. The van der Waals surface area contributed by atoms with E-state index in [1.165, 1.54) is 9.80 Å². The first-order valence-electron chi connectivity index (χ1n) is 10.3. The molecule has 0 unspecified atom stereocenters. The summed E-state index contributed by atoms with van der Waals surface area (Å²) < 4.78 is 7.46. The summed E-state index contributed by atoms with van der Waals surface area (Å²) >= 11 is 6.56. The number of aromatic nitrogens is 4. The van der Waals surface area contributed by atoms with Crippen molar-refractivity contribution in [1.29, 1.82) is 0 Å².